The van der Waals surface area contributed by atoms with Crippen LogP contribution in [0, 0.1) is 27.7 Å². The molecule has 53 heavy (non-hydrogen) atoms. The normalized spacial score (nSPS) is 12.8. The second-order valence-corrected chi connectivity index (χ2v) is 17.1. The number of benzene rings is 3. The van der Waals surface area contributed by atoms with Gasteiger partial charge in [-0.15, -0.1) is 0 Å². The van der Waals surface area contributed by atoms with Crippen molar-refractivity contribution in [2.45, 2.75) is 54.6 Å². The molecule has 18 heteroatoms. The van der Waals surface area contributed by atoms with Crippen molar-refractivity contribution in [1.29, 1.82) is 0 Å². The fraction of sp³-hybridized carbons (Fsp3) is 0.286. The minimum atomic E-state index is -4.58. The van der Waals surface area contributed by atoms with Gasteiger partial charge in [-0.3, -0.25) is 4.98 Å². The van der Waals surface area contributed by atoms with E-state index in [0.717, 1.165) is 9.54 Å². The number of aryl methyl sites for hydroxylation is 3. The van der Waals surface area contributed by atoms with E-state index >= 15 is 0 Å². The third kappa shape index (κ3) is 9.30. The molecule has 0 fully saturated rings. The highest BCUT2D eigenvalue weighted by Gasteiger charge is 2.34. The number of imidazole rings is 1. The molecule has 0 radical (unpaired) electrons. The van der Waals surface area contributed by atoms with Crippen molar-refractivity contribution in [3.8, 4) is 11.5 Å². The zero-order valence-electron chi connectivity index (χ0n) is 28.8. The number of hydrogen-bond donors (Lipinski definition) is 0. The third-order valence-corrected chi connectivity index (χ3v) is 12.9. The maximum absolute atomic E-state index is 14.4. The Hall–Kier alpha value is -4.65. The summed E-state index contributed by atoms with van der Waals surface area (Å²) in [5.74, 6) is -1.63. The molecule has 1 unspecified atom stereocenters. The molecule has 0 spiro atoms. The van der Waals surface area contributed by atoms with Crippen molar-refractivity contribution < 1.29 is 53.6 Å². The smallest absolute Gasteiger partial charge is 0.422 e. The topological polar surface area (TPSA) is 167 Å². The molecule has 2 aromatic heterocycles. The molecule has 0 amide bonds. The van der Waals surface area contributed by atoms with Gasteiger partial charge in [-0.25, -0.2) is 21.6 Å². The standard InChI is InChI=1S/C35H34F3N3O9S3/c1-22-9-11-27(12-10-22)52(44,45)16-15-48-32(42)19-49-26-17-23(2)33(24(3)18-26)53(46,47)41-30-8-6-5-7-28(30)40-34(41)51(43)20-29-25(4)31(13-14-39-29)50-21-35(36,37)38/h5-14,17-18H,15-16,19-21H2,1-4H3. The molecular weight excluding hydrogens is 760 g/mol. The molecule has 0 saturated carbocycles. The summed E-state index contributed by atoms with van der Waals surface area (Å²) < 4.78 is 122. The lowest BCUT2D eigenvalue weighted by Gasteiger charge is -2.17. The predicted octanol–water partition coefficient (Wildman–Crippen LogP) is 5.55. The summed E-state index contributed by atoms with van der Waals surface area (Å²) in [7, 11) is -8.19. The van der Waals surface area contributed by atoms with E-state index in [1.807, 2.05) is 6.92 Å². The number of aromatic nitrogens is 3. The Morgan fingerprint density at radius 2 is 1.58 bits per heavy atom. The van der Waals surface area contributed by atoms with Crippen LogP contribution in [0.15, 0.2) is 87.9 Å². The Morgan fingerprint density at radius 3 is 2.25 bits per heavy atom. The molecule has 0 aliphatic rings. The van der Waals surface area contributed by atoms with Gasteiger partial charge in [-0.2, -0.15) is 22.1 Å². The van der Waals surface area contributed by atoms with E-state index in [4.69, 9.17) is 14.2 Å². The Balaban J connectivity index is 1.34. The summed E-state index contributed by atoms with van der Waals surface area (Å²) in [6.45, 7) is 3.78. The van der Waals surface area contributed by atoms with Gasteiger partial charge in [0.1, 0.15) is 18.1 Å². The van der Waals surface area contributed by atoms with E-state index in [9.17, 15) is 39.4 Å². The van der Waals surface area contributed by atoms with Crippen molar-refractivity contribution in [2.24, 2.45) is 0 Å². The molecule has 1 atom stereocenters. The highest BCUT2D eigenvalue weighted by Crippen LogP contribution is 2.33. The molecular formula is C35H34F3N3O9S3. The number of alkyl halides is 3. The number of carbonyl (C=O) groups is 1. The molecule has 0 bridgehead atoms. The summed E-state index contributed by atoms with van der Waals surface area (Å²) in [5.41, 5.74) is 2.03. The summed E-state index contributed by atoms with van der Waals surface area (Å²) >= 11 is -2.17. The first kappa shape index (κ1) is 39.6. The lowest BCUT2D eigenvalue weighted by atomic mass is 10.1. The number of esters is 1. The molecule has 2 heterocycles. The van der Waals surface area contributed by atoms with Crippen molar-refractivity contribution in [3.05, 3.63) is 101 Å². The van der Waals surface area contributed by atoms with Crippen LogP contribution in [0.1, 0.15) is 27.9 Å². The Bertz CT molecular complexity index is 2340. The van der Waals surface area contributed by atoms with Crippen LogP contribution in [-0.2, 0) is 46.3 Å². The molecule has 5 rings (SSSR count). The average Bonchev–Trinajstić information content (AvgIpc) is 3.48. The van der Waals surface area contributed by atoms with E-state index in [2.05, 4.69) is 9.97 Å². The monoisotopic (exact) mass is 793 g/mol. The first-order chi connectivity index (χ1) is 24.9. The van der Waals surface area contributed by atoms with Crippen LogP contribution in [0.2, 0.25) is 0 Å². The summed E-state index contributed by atoms with van der Waals surface area (Å²) in [4.78, 5) is 20.8. The van der Waals surface area contributed by atoms with Crippen molar-refractivity contribution in [1.82, 2.24) is 13.9 Å². The second-order valence-electron chi connectivity index (χ2n) is 12.0. The number of sulfone groups is 1. The average molecular weight is 794 g/mol. The molecule has 0 aliphatic heterocycles. The van der Waals surface area contributed by atoms with Crippen LogP contribution in [0.4, 0.5) is 13.2 Å². The number of carbonyl (C=O) groups excluding carboxylic acids is 1. The lowest BCUT2D eigenvalue weighted by molar-refractivity contribution is -0.153. The fourth-order valence-corrected chi connectivity index (χ4v) is 9.93. The van der Waals surface area contributed by atoms with E-state index in [1.54, 1.807) is 30.3 Å². The summed E-state index contributed by atoms with van der Waals surface area (Å²) in [6, 6.07) is 16.6. The first-order valence-corrected chi connectivity index (χ1v) is 20.2. The van der Waals surface area contributed by atoms with Crippen molar-refractivity contribution >= 4 is 48.0 Å². The second kappa shape index (κ2) is 15.8. The number of halogens is 3. The maximum Gasteiger partial charge on any atom is 0.422 e. The number of fused-ring (bicyclic) bond motifs is 1. The third-order valence-electron chi connectivity index (χ3n) is 7.90. The number of pyridine rings is 1. The van der Waals surface area contributed by atoms with Crippen LogP contribution in [0.5, 0.6) is 11.5 Å². The molecule has 0 saturated heterocycles. The maximum atomic E-state index is 14.4. The van der Waals surface area contributed by atoms with Gasteiger partial charge in [-0.05, 0) is 81.3 Å². The number of hydrogen-bond acceptors (Lipinski definition) is 11. The molecule has 0 N–H and O–H groups in total. The highest BCUT2D eigenvalue weighted by molar-refractivity contribution is 7.93. The van der Waals surface area contributed by atoms with Gasteiger partial charge in [0.25, 0.3) is 10.0 Å². The van der Waals surface area contributed by atoms with Crippen LogP contribution >= 0.6 is 0 Å². The SMILES string of the molecule is Cc1ccc(S(=O)(=O)CCOC(=O)COc2cc(C)c(S(=O)(=O)n3c([S+]([O-])Cc4nccc(OCC(F)(F)F)c4C)nc4ccccc43)c(C)c2)cc1. The van der Waals surface area contributed by atoms with Crippen LogP contribution < -0.4 is 9.47 Å². The summed E-state index contributed by atoms with van der Waals surface area (Å²) in [6.07, 6.45) is -3.38. The van der Waals surface area contributed by atoms with Gasteiger partial charge in [0, 0.05) is 22.9 Å². The van der Waals surface area contributed by atoms with Gasteiger partial charge < -0.3 is 18.8 Å². The quantitative estimate of drug-likeness (QED) is 0.102. The first-order valence-electron chi connectivity index (χ1n) is 15.8. The Morgan fingerprint density at radius 1 is 0.925 bits per heavy atom. The molecule has 282 valence electrons. The molecule has 0 aliphatic carbocycles. The van der Waals surface area contributed by atoms with Crippen LogP contribution in [0.25, 0.3) is 11.0 Å². The zero-order chi connectivity index (χ0) is 38.7. The Kier molecular flexibility index (Phi) is 11.8. The number of ether oxygens (including phenoxy) is 3. The Labute approximate surface area is 307 Å². The van der Waals surface area contributed by atoms with E-state index in [1.165, 1.54) is 63.4 Å². The molecule has 12 nitrogen and oxygen atoms in total. The van der Waals surface area contributed by atoms with Gasteiger partial charge in [-0.1, -0.05) is 29.8 Å². The number of rotatable bonds is 14. The zero-order valence-corrected chi connectivity index (χ0v) is 31.3. The largest absolute Gasteiger partial charge is 0.609 e. The predicted molar refractivity (Wildman–Crippen MR) is 189 cm³/mol. The van der Waals surface area contributed by atoms with Crippen molar-refractivity contribution in [3.63, 3.8) is 0 Å². The van der Waals surface area contributed by atoms with Crippen LogP contribution in [-0.4, -0.2) is 73.0 Å². The van der Waals surface area contributed by atoms with Gasteiger partial charge in [0.15, 0.2) is 28.8 Å². The molecule has 3 aromatic carbocycles. The summed E-state index contributed by atoms with van der Waals surface area (Å²) in [5, 5.41) is -0.333. The van der Waals surface area contributed by atoms with Gasteiger partial charge >= 0.3 is 17.3 Å². The van der Waals surface area contributed by atoms with E-state index in [-0.39, 0.29) is 65.6 Å². The minimum absolute atomic E-state index is 0.105. The van der Waals surface area contributed by atoms with Crippen LogP contribution in [0.3, 0.4) is 0 Å². The van der Waals surface area contributed by atoms with E-state index < -0.39 is 68.8 Å². The molecule has 5 aromatic rings. The highest BCUT2D eigenvalue weighted by atomic mass is 32.2. The number of nitrogens with zero attached hydrogens (tertiary/aromatic N) is 3. The fourth-order valence-electron chi connectivity index (χ4n) is 5.37. The van der Waals surface area contributed by atoms with Gasteiger partial charge in [0.2, 0.25) is 0 Å². The van der Waals surface area contributed by atoms with Crippen molar-refractivity contribution in [2.75, 3.05) is 25.6 Å². The lowest BCUT2D eigenvalue weighted by Crippen LogP contribution is -2.22. The van der Waals surface area contributed by atoms with E-state index in [0.29, 0.717) is 0 Å². The number of para-hydroxylation sites is 2. The minimum Gasteiger partial charge on any atom is -0.609 e. The van der Waals surface area contributed by atoms with Gasteiger partial charge in [0.05, 0.1) is 32.3 Å².